The molecule has 1 N–H and O–H groups in total. The largest absolute Gasteiger partial charge is 0.358 e. The number of aromatic nitrogens is 2. The zero-order valence-electron chi connectivity index (χ0n) is 9.49. The van der Waals surface area contributed by atoms with Crippen molar-refractivity contribution in [2.75, 3.05) is 25.0 Å². The Bertz CT molecular complexity index is 339. The number of nitrogens with one attached hydrogen (secondary N) is 1. The third-order valence-corrected chi connectivity index (χ3v) is 3.09. The van der Waals surface area contributed by atoms with Crippen LogP contribution in [0.1, 0.15) is 19.3 Å². The van der Waals surface area contributed by atoms with E-state index in [-0.39, 0.29) is 0 Å². The average molecular weight is 241 g/mol. The van der Waals surface area contributed by atoms with Gasteiger partial charge in [0.25, 0.3) is 0 Å². The Kier molecular flexibility index (Phi) is 3.96. The molecule has 0 radical (unpaired) electrons. The summed E-state index contributed by atoms with van der Waals surface area (Å²) in [6.45, 7) is 2.09. The monoisotopic (exact) mass is 240 g/mol. The van der Waals surface area contributed by atoms with E-state index in [0.29, 0.717) is 11.3 Å². The third-order valence-electron chi connectivity index (χ3n) is 2.91. The molecule has 0 aromatic carbocycles. The number of likely N-dealkylation sites (N-methyl/N-ethyl adjacent to an activating group) is 1. The smallest absolute Gasteiger partial charge is 0.224 e. The Labute approximate surface area is 101 Å². The highest BCUT2D eigenvalue weighted by Gasteiger charge is 2.15. The van der Waals surface area contributed by atoms with Crippen LogP contribution in [0.5, 0.6) is 0 Å². The fourth-order valence-corrected chi connectivity index (χ4v) is 2.19. The zero-order valence-corrected chi connectivity index (χ0v) is 10.2. The molecular formula is C11H17ClN4. The highest BCUT2D eigenvalue weighted by atomic mass is 35.5. The Balaban J connectivity index is 1.94. The Hall–Kier alpha value is -0.870. The van der Waals surface area contributed by atoms with Crippen LogP contribution < -0.4 is 10.2 Å². The zero-order chi connectivity index (χ0) is 11.4. The summed E-state index contributed by atoms with van der Waals surface area (Å²) in [5, 5.41) is 3.82. The maximum atomic E-state index is 5.77. The fraction of sp³-hybridized carbons (Fsp3) is 0.636. The fourth-order valence-electron chi connectivity index (χ4n) is 2.04. The van der Waals surface area contributed by atoms with Gasteiger partial charge in [0.2, 0.25) is 5.28 Å². The average Bonchev–Trinajstić information content (AvgIpc) is 2.30. The van der Waals surface area contributed by atoms with E-state index >= 15 is 0 Å². The summed E-state index contributed by atoms with van der Waals surface area (Å²) in [6, 6.07) is 2.45. The van der Waals surface area contributed by atoms with E-state index in [0.717, 1.165) is 18.9 Å². The molecule has 88 valence electrons. The van der Waals surface area contributed by atoms with Crippen molar-refractivity contribution in [1.29, 1.82) is 0 Å². The number of piperidine rings is 1. The third kappa shape index (κ3) is 3.06. The molecule has 2 rings (SSSR count). The SMILES string of the molecule is CN(C[C@@H]1CCCCN1)c1ccnc(Cl)n1. The van der Waals surface area contributed by atoms with E-state index in [4.69, 9.17) is 11.6 Å². The minimum absolute atomic E-state index is 0.306. The van der Waals surface area contributed by atoms with Gasteiger partial charge in [-0.15, -0.1) is 0 Å². The lowest BCUT2D eigenvalue weighted by atomic mass is 10.0. The van der Waals surface area contributed by atoms with Crippen LogP contribution in [0.4, 0.5) is 5.82 Å². The molecule has 0 aliphatic carbocycles. The lowest BCUT2D eigenvalue weighted by molar-refractivity contribution is 0.403. The van der Waals surface area contributed by atoms with E-state index < -0.39 is 0 Å². The van der Waals surface area contributed by atoms with Crippen molar-refractivity contribution in [3.8, 4) is 0 Å². The molecule has 1 fully saturated rings. The first kappa shape index (κ1) is 11.6. The Morgan fingerprint density at radius 3 is 3.12 bits per heavy atom. The standard InChI is InChI=1S/C11H17ClN4/c1-16(8-9-4-2-3-6-13-9)10-5-7-14-11(12)15-10/h5,7,9,13H,2-4,6,8H2,1H3/t9-/m0/s1. The number of anilines is 1. The molecule has 0 unspecified atom stereocenters. The van der Waals surface area contributed by atoms with E-state index in [2.05, 4.69) is 20.2 Å². The van der Waals surface area contributed by atoms with Crippen LogP contribution in [-0.4, -0.2) is 36.1 Å². The summed E-state index contributed by atoms with van der Waals surface area (Å²) in [5.41, 5.74) is 0. The van der Waals surface area contributed by atoms with E-state index in [9.17, 15) is 0 Å². The summed E-state index contributed by atoms with van der Waals surface area (Å²) in [4.78, 5) is 10.2. The molecule has 1 saturated heterocycles. The van der Waals surface area contributed by atoms with Crippen molar-refractivity contribution in [3.05, 3.63) is 17.5 Å². The number of nitrogens with zero attached hydrogens (tertiary/aromatic N) is 3. The van der Waals surface area contributed by atoms with Gasteiger partial charge in [-0.25, -0.2) is 9.97 Å². The second-order valence-corrected chi connectivity index (χ2v) is 4.55. The summed E-state index contributed by atoms with van der Waals surface area (Å²) in [7, 11) is 2.04. The second-order valence-electron chi connectivity index (χ2n) is 4.21. The molecule has 1 atom stereocenters. The number of rotatable bonds is 3. The van der Waals surface area contributed by atoms with Gasteiger partial charge in [0, 0.05) is 25.8 Å². The molecule has 5 heteroatoms. The van der Waals surface area contributed by atoms with Crippen LogP contribution >= 0.6 is 11.6 Å². The highest BCUT2D eigenvalue weighted by Crippen LogP contribution is 2.13. The first-order chi connectivity index (χ1) is 7.75. The van der Waals surface area contributed by atoms with Gasteiger partial charge in [-0.05, 0) is 37.1 Å². The van der Waals surface area contributed by atoms with Gasteiger partial charge in [0.05, 0.1) is 0 Å². The van der Waals surface area contributed by atoms with Gasteiger partial charge in [0.1, 0.15) is 5.82 Å². The van der Waals surface area contributed by atoms with Crippen LogP contribution in [0.15, 0.2) is 12.3 Å². The van der Waals surface area contributed by atoms with Crippen molar-refractivity contribution in [2.24, 2.45) is 0 Å². The van der Waals surface area contributed by atoms with Crippen LogP contribution in [0.2, 0.25) is 5.28 Å². The van der Waals surface area contributed by atoms with Crippen LogP contribution in [0, 0.1) is 0 Å². The van der Waals surface area contributed by atoms with Gasteiger partial charge < -0.3 is 10.2 Å². The number of halogens is 1. The molecule has 1 aliphatic heterocycles. The quantitative estimate of drug-likeness (QED) is 0.817. The summed E-state index contributed by atoms with van der Waals surface area (Å²) >= 11 is 5.77. The van der Waals surface area contributed by atoms with Gasteiger partial charge in [-0.1, -0.05) is 6.42 Å². The van der Waals surface area contributed by atoms with Crippen molar-refractivity contribution in [2.45, 2.75) is 25.3 Å². The van der Waals surface area contributed by atoms with Crippen LogP contribution in [0.3, 0.4) is 0 Å². The summed E-state index contributed by atoms with van der Waals surface area (Å²) in [5.74, 6) is 0.882. The number of hydrogen-bond acceptors (Lipinski definition) is 4. The van der Waals surface area contributed by atoms with Gasteiger partial charge in [-0.2, -0.15) is 0 Å². The molecule has 1 aromatic heterocycles. The molecule has 0 amide bonds. The van der Waals surface area contributed by atoms with Crippen molar-refractivity contribution < 1.29 is 0 Å². The minimum atomic E-state index is 0.306. The van der Waals surface area contributed by atoms with Crippen molar-refractivity contribution in [3.63, 3.8) is 0 Å². The lowest BCUT2D eigenvalue weighted by Crippen LogP contribution is -2.42. The predicted octanol–water partition coefficient (Wildman–Crippen LogP) is 1.71. The first-order valence-electron chi connectivity index (χ1n) is 5.69. The molecule has 0 bridgehead atoms. The molecule has 1 aromatic rings. The first-order valence-corrected chi connectivity index (χ1v) is 6.06. The summed E-state index contributed by atoms with van der Waals surface area (Å²) in [6.07, 6.45) is 5.54. The molecule has 1 aliphatic rings. The lowest BCUT2D eigenvalue weighted by Gasteiger charge is -2.28. The van der Waals surface area contributed by atoms with Gasteiger partial charge >= 0.3 is 0 Å². The normalized spacial score (nSPS) is 20.8. The predicted molar refractivity (Wildman–Crippen MR) is 66.0 cm³/mol. The van der Waals surface area contributed by atoms with E-state index in [1.165, 1.54) is 19.3 Å². The maximum Gasteiger partial charge on any atom is 0.224 e. The molecule has 16 heavy (non-hydrogen) atoms. The Morgan fingerprint density at radius 1 is 1.56 bits per heavy atom. The Morgan fingerprint density at radius 2 is 2.44 bits per heavy atom. The van der Waals surface area contributed by atoms with Crippen LogP contribution in [0.25, 0.3) is 0 Å². The van der Waals surface area contributed by atoms with Crippen molar-refractivity contribution >= 4 is 17.4 Å². The second kappa shape index (κ2) is 5.46. The topological polar surface area (TPSA) is 41.0 Å². The van der Waals surface area contributed by atoms with Crippen LogP contribution in [-0.2, 0) is 0 Å². The van der Waals surface area contributed by atoms with Gasteiger partial charge in [0.15, 0.2) is 0 Å². The maximum absolute atomic E-state index is 5.77. The molecular weight excluding hydrogens is 224 g/mol. The van der Waals surface area contributed by atoms with Gasteiger partial charge in [-0.3, -0.25) is 0 Å². The molecule has 0 saturated carbocycles. The summed E-state index contributed by atoms with van der Waals surface area (Å²) < 4.78 is 0. The minimum Gasteiger partial charge on any atom is -0.358 e. The van der Waals surface area contributed by atoms with Crippen molar-refractivity contribution in [1.82, 2.24) is 15.3 Å². The molecule has 0 spiro atoms. The van der Waals surface area contributed by atoms with E-state index in [1.807, 2.05) is 13.1 Å². The van der Waals surface area contributed by atoms with E-state index in [1.54, 1.807) is 6.20 Å². The molecule has 2 heterocycles. The number of hydrogen-bond donors (Lipinski definition) is 1. The highest BCUT2D eigenvalue weighted by molar-refractivity contribution is 6.28. The molecule has 4 nitrogen and oxygen atoms in total.